The minimum Gasteiger partial charge on any atom is -0.445 e. The van der Waals surface area contributed by atoms with E-state index in [1.54, 1.807) is 50.2 Å². The standard InChI is InChI=1S/C42H52N8O8/c1-42(2,57)35-23-45-48-50(35)31-21-34(39(54)47-33(36(51)37(43)52)22-44-41(56)58-25-27-13-7-4-8-14-27)49(24-31)40(55)32(19-26-11-5-3-6-12-26)46-38(53)30-18-17-28-15-9-10-16-29(28)20-30/h4,7-10,13-18,20,23,26,31-34,36,51,57H,3,5-6,11-12,19,21-22,24-25H2,1-2H3,(H2,43,52)(H,44,56)(H,46,53)(H,47,54)/t31-,32+,33?,34-,36?/m0/s1. The molecule has 16 heteroatoms. The monoisotopic (exact) mass is 796 g/mol. The van der Waals surface area contributed by atoms with Crippen molar-refractivity contribution in [3.8, 4) is 0 Å². The summed E-state index contributed by atoms with van der Waals surface area (Å²) in [7, 11) is 0. The number of rotatable bonds is 15. The highest BCUT2D eigenvalue weighted by Gasteiger charge is 2.45. The van der Waals surface area contributed by atoms with Gasteiger partial charge in [0.1, 0.15) is 24.3 Å². The number of aliphatic hydroxyl groups is 2. The van der Waals surface area contributed by atoms with Crippen molar-refractivity contribution in [2.45, 2.75) is 101 Å². The van der Waals surface area contributed by atoms with Gasteiger partial charge in [-0.25, -0.2) is 9.48 Å². The summed E-state index contributed by atoms with van der Waals surface area (Å²) in [6, 6.07) is 17.7. The van der Waals surface area contributed by atoms with Crippen molar-refractivity contribution >= 4 is 40.5 Å². The van der Waals surface area contributed by atoms with Gasteiger partial charge in [0.15, 0.2) is 6.10 Å². The zero-order chi connectivity index (χ0) is 41.4. The number of benzene rings is 3. The molecule has 2 unspecified atom stereocenters. The van der Waals surface area contributed by atoms with Gasteiger partial charge in [0.25, 0.3) is 5.91 Å². The first-order valence-corrected chi connectivity index (χ1v) is 19.7. The number of fused-ring (bicyclic) bond motifs is 1. The number of alkyl carbamates (subject to hydrolysis) is 1. The predicted molar refractivity (Wildman–Crippen MR) is 213 cm³/mol. The smallest absolute Gasteiger partial charge is 0.407 e. The number of nitrogens with one attached hydrogen (secondary N) is 3. The molecule has 5 amide bonds. The van der Waals surface area contributed by atoms with Crippen LogP contribution in [0.2, 0.25) is 0 Å². The summed E-state index contributed by atoms with van der Waals surface area (Å²) in [5.74, 6) is -2.68. The summed E-state index contributed by atoms with van der Waals surface area (Å²) in [6.45, 7) is 2.62. The second-order valence-electron chi connectivity index (χ2n) is 15.8. The lowest BCUT2D eigenvalue weighted by Gasteiger charge is -2.32. The molecule has 16 nitrogen and oxygen atoms in total. The molecule has 4 aromatic rings. The number of ether oxygens (including phenoxy) is 1. The molecule has 5 atom stereocenters. The van der Waals surface area contributed by atoms with Gasteiger partial charge in [0, 0.05) is 25.1 Å². The molecule has 2 heterocycles. The van der Waals surface area contributed by atoms with Gasteiger partial charge in [-0.3, -0.25) is 19.2 Å². The third-order valence-corrected chi connectivity index (χ3v) is 11.0. The molecule has 58 heavy (non-hydrogen) atoms. The van der Waals surface area contributed by atoms with Crippen molar-refractivity contribution in [3.05, 3.63) is 95.8 Å². The molecule has 308 valence electrons. The maximum absolute atomic E-state index is 14.9. The van der Waals surface area contributed by atoms with E-state index in [0.29, 0.717) is 17.7 Å². The number of amides is 5. The molecule has 1 saturated heterocycles. The van der Waals surface area contributed by atoms with Crippen molar-refractivity contribution in [2.75, 3.05) is 13.1 Å². The number of carbonyl (C=O) groups is 5. The van der Waals surface area contributed by atoms with Crippen LogP contribution in [-0.4, -0.2) is 97.1 Å². The van der Waals surface area contributed by atoms with Crippen LogP contribution in [0.25, 0.3) is 10.8 Å². The van der Waals surface area contributed by atoms with E-state index in [9.17, 15) is 34.2 Å². The highest BCUT2D eigenvalue weighted by atomic mass is 16.5. The normalized spacial score (nSPS) is 18.9. The van der Waals surface area contributed by atoms with Crippen LogP contribution in [-0.2, 0) is 31.3 Å². The Hall–Kier alpha value is -5.87. The Morgan fingerprint density at radius 2 is 1.66 bits per heavy atom. The van der Waals surface area contributed by atoms with E-state index in [4.69, 9.17) is 10.5 Å². The quantitative estimate of drug-likeness (QED) is 0.103. The Labute approximate surface area is 336 Å². The van der Waals surface area contributed by atoms with Gasteiger partial charge in [-0.2, -0.15) is 0 Å². The van der Waals surface area contributed by atoms with Crippen LogP contribution in [0.5, 0.6) is 0 Å². The fourth-order valence-corrected chi connectivity index (χ4v) is 7.87. The number of likely N-dealkylation sites (tertiary alicyclic amines) is 1. The Bertz CT molecular complexity index is 2080. The molecule has 2 fully saturated rings. The molecule has 0 bridgehead atoms. The van der Waals surface area contributed by atoms with Crippen molar-refractivity contribution in [3.63, 3.8) is 0 Å². The first-order valence-electron chi connectivity index (χ1n) is 19.7. The van der Waals surface area contributed by atoms with Crippen molar-refractivity contribution < 1.29 is 38.9 Å². The number of aromatic nitrogens is 3. The summed E-state index contributed by atoms with van der Waals surface area (Å²) in [4.78, 5) is 69.3. The fraction of sp³-hybridized carbons (Fsp3) is 0.452. The van der Waals surface area contributed by atoms with Crippen LogP contribution < -0.4 is 21.7 Å². The second kappa shape index (κ2) is 18.6. The molecule has 6 rings (SSSR count). The van der Waals surface area contributed by atoms with Crippen molar-refractivity contribution in [1.29, 1.82) is 0 Å². The number of primary amides is 1. The summed E-state index contributed by atoms with van der Waals surface area (Å²) >= 11 is 0. The van der Waals surface area contributed by atoms with E-state index in [2.05, 4.69) is 26.3 Å². The van der Waals surface area contributed by atoms with Crippen LogP contribution in [0.1, 0.15) is 86.5 Å². The maximum atomic E-state index is 14.9. The lowest BCUT2D eigenvalue weighted by Crippen LogP contribution is -2.59. The summed E-state index contributed by atoms with van der Waals surface area (Å²) in [5, 5.41) is 39.8. The lowest BCUT2D eigenvalue weighted by molar-refractivity contribution is -0.141. The molecule has 7 N–H and O–H groups in total. The Morgan fingerprint density at radius 1 is 0.948 bits per heavy atom. The van der Waals surface area contributed by atoms with Crippen LogP contribution >= 0.6 is 0 Å². The minimum atomic E-state index is -1.92. The lowest BCUT2D eigenvalue weighted by atomic mass is 9.84. The molecule has 1 aliphatic heterocycles. The number of hydrogen-bond acceptors (Lipinski definition) is 10. The zero-order valence-electron chi connectivity index (χ0n) is 32.8. The van der Waals surface area contributed by atoms with E-state index < -0.39 is 72.1 Å². The third kappa shape index (κ3) is 10.3. The highest BCUT2D eigenvalue weighted by molar-refractivity contribution is 6.01. The number of nitrogens with two attached hydrogens (primary N) is 1. The van der Waals surface area contributed by atoms with Gasteiger partial charge >= 0.3 is 6.09 Å². The number of aliphatic hydroxyl groups excluding tert-OH is 1. The molecule has 2 aliphatic rings. The summed E-state index contributed by atoms with van der Waals surface area (Å²) < 4.78 is 6.74. The Balaban J connectivity index is 1.26. The Morgan fingerprint density at radius 3 is 2.36 bits per heavy atom. The topological polar surface area (TPSA) is 231 Å². The van der Waals surface area contributed by atoms with E-state index >= 15 is 0 Å². The summed E-state index contributed by atoms with van der Waals surface area (Å²) in [6.07, 6.45) is 3.87. The first-order chi connectivity index (χ1) is 27.8. The van der Waals surface area contributed by atoms with Crippen LogP contribution in [0.4, 0.5) is 4.79 Å². The van der Waals surface area contributed by atoms with Gasteiger partial charge < -0.3 is 41.5 Å². The minimum absolute atomic E-state index is 0.00468. The number of carbonyl (C=O) groups excluding carboxylic acids is 5. The van der Waals surface area contributed by atoms with E-state index in [1.165, 1.54) is 15.8 Å². The SMILES string of the molecule is CC(C)(O)c1cnnn1[C@H]1C[C@@H](C(=O)NC(CNC(=O)OCc2ccccc2)C(O)C(N)=O)N(C(=O)[C@@H](CC2CCCCC2)NC(=O)c2ccc3ccccc3c2)C1. The predicted octanol–water partition coefficient (Wildman–Crippen LogP) is 2.83. The average Bonchev–Trinajstić information content (AvgIpc) is 3.90. The van der Waals surface area contributed by atoms with Crippen LogP contribution in [0.3, 0.4) is 0 Å². The van der Waals surface area contributed by atoms with Gasteiger partial charge in [-0.15, -0.1) is 5.10 Å². The number of nitrogens with zero attached hydrogens (tertiary/aromatic N) is 4. The molecule has 1 aliphatic carbocycles. The summed E-state index contributed by atoms with van der Waals surface area (Å²) in [5.41, 5.74) is 5.55. The average molecular weight is 797 g/mol. The molecule has 3 aromatic carbocycles. The van der Waals surface area contributed by atoms with Crippen LogP contribution in [0, 0.1) is 5.92 Å². The third-order valence-electron chi connectivity index (χ3n) is 11.0. The van der Waals surface area contributed by atoms with Crippen molar-refractivity contribution in [2.24, 2.45) is 11.7 Å². The number of hydrogen-bond donors (Lipinski definition) is 6. The van der Waals surface area contributed by atoms with Gasteiger partial charge in [-0.1, -0.05) is 98.0 Å². The molecule has 1 aromatic heterocycles. The van der Waals surface area contributed by atoms with E-state index in [0.717, 1.165) is 48.4 Å². The molecular formula is C42H52N8O8. The van der Waals surface area contributed by atoms with Crippen LogP contribution in [0.15, 0.2) is 79.0 Å². The van der Waals surface area contributed by atoms with E-state index in [-0.39, 0.29) is 25.5 Å². The molecule has 0 radical (unpaired) electrons. The Kier molecular flexibility index (Phi) is 13.4. The van der Waals surface area contributed by atoms with Gasteiger partial charge in [0.2, 0.25) is 17.7 Å². The fourth-order valence-electron chi connectivity index (χ4n) is 7.87. The first kappa shape index (κ1) is 41.8. The highest BCUT2D eigenvalue weighted by Crippen LogP contribution is 2.33. The maximum Gasteiger partial charge on any atom is 0.407 e. The molecule has 0 spiro atoms. The molecular weight excluding hydrogens is 745 g/mol. The van der Waals surface area contributed by atoms with E-state index in [1.807, 2.05) is 36.4 Å². The van der Waals surface area contributed by atoms with Crippen molar-refractivity contribution in [1.82, 2.24) is 35.8 Å². The van der Waals surface area contributed by atoms with Gasteiger partial charge in [0.05, 0.1) is 24.0 Å². The molecule has 1 saturated carbocycles. The van der Waals surface area contributed by atoms with Gasteiger partial charge in [-0.05, 0) is 54.7 Å². The zero-order valence-corrected chi connectivity index (χ0v) is 32.8. The second-order valence-corrected chi connectivity index (χ2v) is 15.8. The largest absolute Gasteiger partial charge is 0.445 e.